The second kappa shape index (κ2) is 5.52. The van der Waals surface area contributed by atoms with Gasteiger partial charge in [-0.2, -0.15) is 0 Å². The van der Waals surface area contributed by atoms with Gasteiger partial charge in [-0.05, 0) is 49.3 Å². The SMILES string of the molecule is O=C(NC[C@@H]1CCCOC1)C1(c2ccc(F)cc2)CC1. The van der Waals surface area contributed by atoms with Crippen molar-refractivity contribution in [3.63, 3.8) is 0 Å². The Bertz CT molecular complexity index is 476. The molecule has 1 aromatic carbocycles. The predicted molar refractivity (Wildman–Crippen MR) is 73.9 cm³/mol. The molecular formula is C16H20FNO2. The zero-order valence-electron chi connectivity index (χ0n) is 11.5. The van der Waals surface area contributed by atoms with Gasteiger partial charge in [0.05, 0.1) is 12.0 Å². The molecule has 1 atom stereocenters. The average Bonchev–Trinajstić information content (AvgIpc) is 3.28. The predicted octanol–water partition coefficient (Wildman–Crippen LogP) is 2.40. The van der Waals surface area contributed by atoms with E-state index in [0.717, 1.165) is 44.5 Å². The van der Waals surface area contributed by atoms with Gasteiger partial charge < -0.3 is 10.1 Å². The van der Waals surface area contributed by atoms with Crippen LogP contribution in [0, 0.1) is 11.7 Å². The summed E-state index contributed by atoms with van der Waals surface area (Å²) in [5.74, 6) is 0.246. The summed E-state index contributed by atoms with van der Waals surface area (Å²) < 4.78 is 18.4. The second-order valence-corrected chi connectivity index (χ2v) is 5.88. The van der Waals surface area contributed by atoms with E-state index < -0.39 is 5.41 Å². The van der Waals surface area contributed by atoms with Crippen molar-refractivity contribution in [1.29, 1.82) is 0 Å². The molecule has 1 aliphatic carbocycles. The topological polar surface area (TPSA) is 38.3 Å². The Kier molecular flexibility index (Phi) is 3.74. The normalized spacial score (nSPS) is 24.1. The minimum atomic E-state index is -0.413. The van der Waals surface area contributed by atoms with E-state index in [1.807, 2.05) is 0 Å². The molecule has 0 unspecified atom stereocenters. The zero-order valence-corrected chi connectivity index (χ0v) is 11.5. The van der Waals surface area contributed by atoms with E-state index in [0.29, 0.717) is 12.5 Å². The van der Waals surface area contributed by atoms with Gasteiger partial charge in [-0.15, -0.1) is 0 Å². The quantitative estimate of drug-likeness (QED) is 0.917. The summed E-state index contributed by atoms with van der Waals surface area (Å²) in [6, 6.07) is 6.31. The van der Waals surface area contributed by atoms with E-state index in [-0.39, 0.29) is 11.7 Å². The highest BCUT2D eigenvalue weighted by Gasteiger charge is 2.51. The van der Waals surface area contributed by atoms with Crippen LogP contribution < -0.4 is 5.32 Å². The number of nitrogens with one attached hydrogen (secondary N) is 1. The van der Waals surface area contributed by atoms with Crippen LogP contribution in [0.1, 0.15) is 31.2 Å². The van der Waals surface area contributed by atoms with Crippen molar-refractivity contribution in [2.75, 3.05) is 19.8 Å². The first-order valence-corrected chi connectivity index (χ1v) is 7.33. The smallest absolute Gasteiger partial charge is 0.230 e. The molecule has 1 saturated carbocycles. The van der Waals surface area contributed by atoms with Crippen LogP contribution in [0.5, 0.6) is 0 Å². The molecule has 0 spiro atoms. The highest BCUT2D eigenvalue weighted by atomic mass is 19.1. The van der Waals surface area contributed by atoms with Crippen molar-refractivity contribution < 1.29 is 13.9 Å². The second-order valence-electron chi connectivity index (χ2n) is 5.88. The summed E-state index contributed by atoms with van der Waals surface area (Å²) in [5.41, 5.74) is 0.514. The molecule has 0 radical (unpaired) electrons. The first-order chi connectivity index (χ1) is 9.71. The number of amides is 1. The van der Waals surface area contributed by atoms with Crippen molar-refractivity contribution >= 4 is 5.91 Å². The van der Waals surface area contributed by atoms with Crippen LogP contribution in [-0.4, -0.2) is 25.7 Å². The Hall–Kier alpha value is -1.42. The third-order valence-electron chi connectivity index (χ3n) is 4.39. The average molecular weight is 277 g/mol. The minimum absolute atomic E-state index is 0.0784. The third kappa shape index (κ3) is 2.70. The molecule has 1 saturated heterocycles. The molecule has 1 amide bonds. The van der Waals surface area contributed by atoms with E-state index in [4.69, 9.17) is 4.74 Å². The zero-order chi connectivity index (χ0) is 14.0. The van der Waals surface area contributed by atoms with Gasteiger partial charge in [-0.3, -0.25) is 4.79 Å². The van der Waals surface area contributed by atoms with Gasteiger partial charge >= 0.3 is 0 Å². The monoisotopic (exact) mass is 277 g/mol. The molecule has 3 nitrogen and oxygen atoms in total. The van der Waals surface area contributed by atoms with Crippen LogP contribution >= 0.6 is 0 Å². The van der Waals surface area contributed by atoms with Crippen LogP contribution in [0.3, 0.4) is 0 Å². The van der Waals surface area contributed by atoms with Crippen LogP contribution in [0.15, 0.2) is 24.3 Å². The summed E-state index contributed by atoms with van der Waals surface area (Å²) >= 11 is 0. The highest BCUT2D eigenvalue weighted by Crippen LogP contribution is 2.48. The lowest BCUT2D eigenvalue weighted by atomic mass is 9.94. The Morgan fingerprint density at radius 2 is 2.10 bits per heavy atom. The van der Waals surface area contributed by atoms with Gasteiger partial charge in [0.15, 0.2) is 0 Å². The fourth-order valence-corrected chi connectivity index (χ4v) is 2.92. The summed E-state index contributed by atoms with van der Waals surface area (Å²) in [7, 11) is 0. The largest absolute Gasteiger partial charge is 0.381 e. The fourth-order valence-electron chi connectivity index (χ4n) is 2.92. The number of ether oxygens (including phenoxy) is 1. The van der Waals surface area contributed by atoms with Crippen molar-refractivity contribution in [3.05, 3.63) is 35.6 Å². The maximum absolute atomic E-state index is 13.0. The van der Waals surface area contributed by atoms with Crippen molar-refractivity contribution in [1.82, 2.24) is 5.32 Å². The van der Waals surface area contributed by atoms with E-state index >= 15 is 0 Å². The lowest BCUT2D eigenvalue weighted by Gasteiger charge is -2.23. The molecule has 1 N–H and O–H groups in total. The number of carbonyl (C=O) groups excluding carboxylic acids is 1. The molecule has 1 aromatic rings. The van der Waals surface area contributed by atoms with Crippen LogP contribution in [0.2, 0.25) is 0 Å². The molecular weight excluding hydrogens is 257 g/mol. The van der Waals surface area contributed by atoms with Gasteiger partial charge in [0.1, 0.15) is 5.82 Å². The number of benzene rings is 1. The molecule has 108 valence electrons. The van der Waals surface area contributed by atoms with Crippen molar-refractivity contribution in [2.24, 2.45) is 5.92 Å². The summed E-state index contributed by atoms with van der Waals surface area (Å²) in [5, 5.41) is 3.06. The Labute approximate surface area is 118 Å². The number of hydrogen-bond acceptors (Lipinski definition) is 2. The van der Waals surface area contributed by atoms with Crippen LogP contribution in [-0.2, 0) is 14.9 Å². The van der Waals surface area contributed by atoms with Gasteiger partial charge in [-0.1, -0.05) is 12.1 Å². The first kappa shape index (κ1) is 13.6. The van der Waals surface area contributed by atoms with E-state index in [9.17, 15) is 9.18 Å². The molecule has 1 heterocycles. The molecule has 0 bridgehead atoms. The molecule has 4 heteroatoms. The molecule has 0 aromatic heterocycles. The Morgan fingerprint density at radius 3 is 2.70 bits per heavy atom. The summed E-state index contributed by atoms with van der Waals surface area (Å²) in [6.07, 6.45) is 3.89. The number of halogens is 1. The van der Waals surface area contributed by atoms with Crippen LogP contribution in [0.4, 0.5) is 4.39 Å². The van der Waals surface area contributed by atoms with Crippen LogP contribution in [0.25, 0.3) is 0 Å². The molecule has 20 heavy (non-hydrogen) atoms. The lowest BCUT2D eigenvalue weighted by Crippen LogP contribution is -2.39. The van der Waals surface area contributed by atoms with Gasteiger partial charge in [0.2, 0.25) is 5.91 Å². The number of hydrogen-bond donors (Lipinski definition) is 1. The highest BCUT2D eigenvalue weighted by molar-refractivity contribution is 5.91. The van der Waals surface area contributed by atoms with E-state index in [2.05, 4.69) is 5.32 Å². The standard InChI is InChI=1S/C16H20FNO2/c17-14-5-3-13(4-6-14)16(7-8-16)15(19)18-10-12-2-1-9-20-11-12/h3-6,12H,1-2,7-11H2,(H,18,19)/t12-/m0/s1. The maximum Gasteiger partial charge on any atom is 0.230 e. The van der Waals surface area contributed by atoms with Crippen molar-refractivity contribution in [2.45, 2.75) is 31.1 Å². The molecule has 2 fully saturated rings. The van der Waals surface area contributed by atoms with Gasteiger partial charge in [0, 0.05) is 13.2 Å². The molecule has 3 rings (SSSR count). The summed E-state index contributed by atoms with van der Waals surface area (Å²) in [6.45, 7) is 2.26. The Balaban J connectivity index is 1.60. The fraction of sp³-hybridized carbons (Fsp3) is 0.562. The minimum Gasteiger partial charge on any atom is -0.381 e. The number of rotatable bonds is 4. The first-order valence-electron chi connectivity index (χ1n) is 7.33. The van der Waals surface area contributed by atoms with E-state index in [1.54, 1.807) is 12.1 Å². The number of carbonyl (C=O) groups is 1. The Morgan fingerprint density at radius 1 is 1.35 bits per heavy atom. The lowest BCUT2D eigenvalue weighted by molar-refractivity contribution is -0.124. The third-order valence-corrected chi connectivity index (χ3v) is 4.39. The molecule has 2 aliphatic rings. The van der Waals surface area contributed by atoms with Gasteiger partial charge in [0.25, 0.3) is 0 Å². The van der Waals surface area contributed by atoms with Gasteiger partial charge in [-0.25, -0.2) is 4.39 Å². The maximum atomic E-state index is 13.0. The van der Waals surface area contributed by atoms with E-state index in [1.165, 1.54) is 12.1 Å². The summed E-state index contributed by atoms with van der Waals surface area (Å²) in [4.78, 5) is 12.4. The van der Waals surface area contributed by atoms with Crippen molar-refractivity contribution in [3.8, 4) is 0 Å². The molecule has 1 aliphatic heterocycles.